The molecular weight excluding hydrogens is 379 g/mol. The van der Waals surface area contributed by atoms with Crippen molar-refractivity contribution in [3.63, 3.8) is 0 Å². The molecule has 0 amide bonds. The Balaban J connectivity index is 2.09. The summed E-state index contributed by atoms with van der Waals surface area (Å²) < 4.78 is 34.5. The Bertz CT molecular complexity index is 584. The zero-order valence-electron chi connectivity index (χ0n) is 9.80. The van der Waals surface area contributed by atoms with Gasteiger partial charge in [0.1, 0.15) is 5.76 Å². The highest BCUT2D eigenvalue weighted by molar-refractivity contribution is 9.10. The predicted molar refractivity (Wildman–Crippen MR) is 76.8 cm³/mol. The number of alkyl halides is 2. The van der Waals surface area contributed by atoms with Gasteiger partial charge in [-0.1, -0.05) is 23.2 Å². The van der Waals surface area contributed by atoms with Crippen molar-refractivity contribution in [2.45, 2.75) is 13.2 Å². The smallest absolute Gasteiger partial charge is 0.387 e. The maximum absolute atomic E-state index is 12.2. The summed E-state index contributed by atoms with van der Waals surface area (Å²) >= 11 is 14.9. The Morgan fingerprint density at radius 3 is 2.40 bits per heavy atom. The second-order valence-electron chi connectivity index (χ2n) is 3.71. The van der Waals surface area contributed by atoms with E-state index in [4.69, 9.17) is 27.6 Å². The predicted octanol–water partition coefficient (Wildman–Crippen LogP) is 5.56. The Morgan fingerprint density at radius 2 is 1.90 bits per heavy atom. The second-order valence-corrected chi connectivity index (χ2v) is 5.30. The number of halogens is 5. The van der Waals surface area contributed by atoms with Crippen LogP contribution in [0.2, 0.25) is 10.0 Å². The van der Waals surface area contributed by atoms with Gasteiger partial charge in [-0.3, -0.25) is 0 Å². The molecule has 3 nitrogen and oxygen atoms in total. The number of hydrogen-bond acceptors (Lipinski definition) is 3. The Hall–Kier alpha value is -0.980. The molecule has 0 spiro atoms. The van der Waals surface area contributed by atoms with Gasteiger partial charge in [0.15, 0.2) is 10.4 Å². The monoisotopic (exact) mass is 385 g/mol. The highest BCUT2D eigenvalue weighted by Crippen LogP contribution is 2.37. The first-order chi connectivity index (χ1) is 9.45. The molecule has 0 saturated carbocycles. The van der Waals surface area contributed by atoms with Crippen molar-refractivity contribution in [1.82, 2.24) is 0 Å². The van der Waals surface area contributed by atoms with Crippen molar-refractivity contribution in [1.29, 1.82) is 0 Å². The lowest BCUT2D eigenvalue weighted by molar-refractivity contribution is -0.0497. The number of benzene rings is 1. The van der Waals surface area contributed by atoms with Crippen molar-refractivity contribution >= 4 is 44.8 Å². The molecule has 0 bridgehead atoms. The lowest BCUT2D eigenvalue weighted by Gasteiger charge is -2.11. The number of ether oxygens (including phenoxy) is 1. The van der Waals surface area contributed by atoms with Crippen LogP contribution >= 0.6 is 39.1 Å². The van der Waals surface area contributed by atoms with Gasteiger partial charge in [0.2, 0.25) is 0 Å². The van der Waals surface area contributed by atoms with Crippen LogP contribution in [0.3, 0.4) is 0 Å². The normalized spacial score (nSPS) is 10.9. The largest absolute Gasteiger partial charge is 0.452 e. The van der Waals surface area contributed by atoms with Gasteiger partial charge in [-0.15, -0.1) is 0 Å². The van der Waals surface area contributed by atoms with E-state index in [1.807, 2.05) is 0 Å². The number of furan rings is 1. The lowest BCUT2D eigenvalue weighted by Crippen LogP contribution is -2.04. The summed E-state index contributed by atoms with van der Waals surface area (Å²) in [5, 5.41) is 3.01. The molecular formula is C12H8BrCl2F2NO2. The highest BCUT2D eigenvalue weighted by atomic mass is 79.9. The van der Waals surface area contributed by atoms with E-state index in [0.29, 0.717) is 22.7 Å². The molecule has 0 aliphatic heterocycles. The topological polar surface area (TPSA) is 34.4 Å². The summed E-state index contributed by atoms with van der Waals surface area (Å²) in [7, 11) is 0. The fraction of sp³-hybridized carbons (Fsp3) is 0.167. The summed E-state index contributed by atoms with van der Waals surface area (Å²) in [6.07, 6.45) is 0. The van der Waals surface area contributed by atoms with Gasteiger partial charge in [0.25, 0.3) is 0 Å². The Labute approximate surface area is 131 Å². The van der Waals surface area contributed by atoms with E-state index in [0.717, 1.165) is 0 Å². The summed E-state index contributed by atoms with van der Waals surface area (Å²) in [6.45, 7) is -2.59. The van der Waals surface area contributed by atoms with Crippen LogP contribution in [0.25, 0.3) is 0 Å². The van der Waals surface area contributed by atoms with Gasteiger partial charge < -0.3 is 14.5 Å². The lowest BCUT2D eigenvalue weighted by atomic mass is 10.3. The van der Waals surface area contributed by atoms with E-state index >= 15 is 0 Å². The fourth-order valence-corrected chi connectivity index (χ4v) is 2.42. The molecule has 20 heavy (non-hydrogen) atoms. The van der Waals surface area contributed by atoms with E-state index in [9.17, 15) is 8.78 Å². The first-order valence-corrected chi connectivity index (χ1v) is 6.92. The van der Waals surface area contributed by atoms with Crippen molar-refractivity contribution in [2.24, 2.45) is 0 Å². The highest BCUT2D eigenvalue weighted by Gasteiger charge is 2.14. The van der Waals surface area contributed by atoms with E-state index in [-0.39, 0.29) is 15.8 Å². The molecule has 1 aromatic heterocycles. The van der Waals surface area contributed by atoms with E-state index < -0.39 is 6.61 Å². The third kappa shape index (κ3) is 4.01. The van der Waals surface area contributed by atoms with Crippen LogP contribution < -0.4 is 10.1 Å². The zero-order chi connectivity index (χ0) is 14.7. The van der Waals surface area contributed by atoms with Crippen LogP contribution in [0.4, 0.5) is 14.5 Å². The fourth-order valence-electron chi connectivity index (χ4n) is 1.50. The molecule has 0 unspecified atom stereocenters. The third-order valence-corrected chi connectivity index (χ3v) is 3.29. The Kier molecular flexibility index (Phi) is 5.12. The van der Waals surface area contributed by atoms with Gasteiger partial charge >= 0.3 is 6.61 Å². The zero-order valence-corrected chi connectivity index (χ0v) is 12.9. The van der Waals surface area contributed by atoms with Gasteiger partial charge in [0, 0.05) is 5.69 Å². The van der Waals surface area contributed by atoms with Crippen LogP contribution in [0.15, 0.2) is 33.4 Å². The molecule has 0 atom stereocenters. The maximum atomic E-state index is 12.2. The van der Waals surface area contributed by atoms with Crippen molar-refractivity contribution < 1.29 is 17.9 Å². The van der Waals surface area contributed by atoms with Gasteiger partial charge in [0.05, 0.1) is 16.6 Å². The first kappa shape index (κ1) is 15.4. The summed E-state index contributed by atoms with van der Waals surface area (Å²) in [4.78, 5) is 0. The average Bonchev–Trinajstić information content (AvgIpc) is 2.77. The standard InChI is InChI=1S/C12H8BrCl2F2NO2/c13-10-2-1-7(19-10)5-18-6-3-8(14)11(9(15)4-6)20-12(16)17/h1-4,12,18H,5H2. The molecule has 2 rings (SSSR count). The molecule has 2 aromatic rings. The molecule has 0 aliphatic rings. The van der Waals surface area contributed by atoms with E-state index in [1.165, 1.54) is 12.1 Å². The van der Waals surface area contributed by atoms with Crippen molar-refractivity contribution in [2.75, 3.05) is 5.32 Å². The summed E-state index contributed by atoms with van der Waals surface area (Å²) in [5.74, 6) is 0.451. The summed E-state index contributed by atoms with van der Waals surface area (Å²) in [6, 6.07) is 6.44. The third-order valence-electron chi connectivity index (χ3n) is 2.30. The number of rotatable bonds is 5. The quantitative estimate of drug-likeness (QED) is 0.730. The molecule has 108 valence electrons. The number of nitrogens with one attached hydrogen (secondary N) is 1. The average molecular weight is 387 g/mol. The second kappa shape index (κ2) is 6.65. The van der Waals surface area contributed by atoms with E-state index in [2.05, 4.69) is 26.0 Å². The maximum Gasteiger partial charge on any atom is 0.387 e. The molecule has 1 aromatic carbocycles. The number of anilines is 1. The minimum absolute atomic E-state index is 0.000857. The minimum atomic E-state index is -2.98. The van der Waals surface area contributed by atoms with Crippen LogP contribution in [-0.4, -0.2) is 6.61 Å². The van der Waals surface area contributed by atoms with Gasteiger partial charge in [-0.05, 0) is 40.2 Å². The van der Waals surface area contributed by atoms with E-state index in [1.54, 1.807) is 12.1 Å². The van der Waals surface area contributed by atoms with Crippen molar-refractivity contribution in [3.05, 3.63) is 44.7 Å². The van der Waals surface area contributed by atoms with Crippen LogP contribution in [0.1, 0.15) is 5.76 Å². The SMILES string of the molecule is FC(F)Oc1c(Cl)cc(NCc2ccc(Br)o2)cc1Cl. The molecule has 0 saturated heterocycles. The van der Waals surface area contributed by atoms with Crippen LogP contribution in [0.5, 0.6) is 5.75 Å². The molecule has 0 fully saturated rings. The summed E-state index contributed by atoms with van der Waals surface area (Å²) in [5.41, 5.74) is 0.564. The van der Waals surface area contributed by atoms with Crippen LogP contribution in [-0.2, 0) is 6.54 Å². The van der Waals surface area contributed by atoms with Crippen molar-refractivity contribution in [3.8, 4) is 5.75 Å². The first-order valence-electron chi connectivity index (χ1n) is 5.37. The molecule has 8 heteroatoms. The minimum Gasteiger partial charge on any atom is -0.452 e. The van der Waals surface area contributed by atoms with Crippen LogP contribution in [0, 0.1) is 0 Å². The van der Waals surface area contributed by atoms with Gasteiger partial charge in [-0.25, -0.2) is 0 Å². The molecule has 1 N–H and O–H groups in total. The van der Waals surface area contributed by atoms with Gasteiger partial charge in [-0.2, -0.15) is 8.78 Å². The molecule has 1 heterocycles. The molecule has 0 aliphatic carbocycles. The number of hydrogen-bond donors (Lipinski definition) is 1. The Morgan fingerprint density at radius 1 is 1.25 bits per heavy atom. The molecule has 0 radical (unpaired) electrons.